The predicted molar refractivity (Wildman–Crippen MR) is 59.8 cm³/mol. The lowest BCUT2D eigenvalue weighted by Gasteiger charge is -1.95. The van der Waals surface area contributed by atoms with Crippen LogP contribution in [0.2, 0.25) is 0 Å². The highest BCUT2D eigenvalue weighted by atomic mass is 14.8. The molecule has 0 aromatic heterocycles. The van der Waals surface area contributed by atoms with E-state index in [1.54, 1.807) is 0 Å². The molecule has 0 radical (unpaired) electrons. The summed E-state index contributed by atoms with van der Waals surface area (Å²) in [5.74, 6) is 6.20. The van der Waals surface area contributed by atoms with E-state index >= 15 is 0 Å². The van der Waals surface area contributed by atoms with Gasteiger partial charge in [-0.1, -0.05) is 24.0 Å². The Balaban J connectivity index is 2.53. The Labute approximate surface area is 85.5 Å². The molecule has 0 aliphatic rings. The fraction of sp³-hybridized carbons (Fsp3) is 0.333. The van der Waals surface area contributed by atoms with Gasteiger partial charge in [-0.15, -0.1) is 0 Å². The summed E-state index contributed by atoms with van der Waals surface area (Å²) in [7, 11) is 1.93. The average Bonchev–Trinajstić information content (AvgIpc) is 2.25. The van der Waals surface area contributed by atoms with Gasteiger partial charge in [-0.05, 0) is 24.7 Å². The SMILES string of the molecule is CNCCC#Cc1ccc(CN)cc1. The third kappa shape index (κ3) is 3.61. The van der Waals surface area contributed by atoms with Gasteiger partial charge in [0.25, 0.3) is 0 Å². The molecule has 0 fully saturated rings. The van der Waals surface area contributed by atoms with Crippen molar-refractivity contribution < 1.29 is 0 Å². The molecule has 0 spiro atoms. The quantitative estimate of drug-likeness (QED) is 0.551. The number of hydrogen-bond donors (Lipinski definition) is 2. The predicted octanol–water partition coefficient (Wildman–Crippen LogP) is 1.11. The van der Waals surface area contributed by atoms with Gasteiger partial charge in [-0.25, -0.2) is 0 Å². The second-order valence-corrected chi connectivity index (χ2v) is 3.06. The molecule has 3 N–H and O–H groups in total. The first kappa shape index (κ1) is 10.8. The second kappa shape index (κ2) is 6.20. The molecule has 1 aromatic rings. The van der Waals surface area contributed by atoms with Gasteiger partial charge in [-0.2, -0.15) is 0 Å². The molecule has 1 rings (SSSR count). The zero-order chi connectivity index (χ0) is 10.2. The lowest BCUT2D eigenvalue weighted by atomic mass is 10.1. The van der Waals surface area contributed by atoms with Gasteiger partial charge < -0.3 is 11.1 Å². The van der Waals surface area contributed by atoms with Gasteiger partial charge in [0.2, 0.25) is 0 Å². The fourth-order valence-corrected chi connectivity index (χ4v) is 1.08. The Bertz CT molecular complexity index is 316. The number of nitrogens with two attached hydrogens (primary N) is 1. The van der Waals surface area contributed by atoms with Crippen LogP contribution in [0.3, 0.4) is 0 Å². The largest absolute Gasteiger partial charge is 0.326 e. The Hall–Kier alpha value is -1.30. The van der Waals surface area contributed by atoms with E-state index in [2.05, 4.69) is 17.2 Å². The molecule has 2 nitrogen and oxygen atoms in total. The topological polar surface area (TPSA) is 38.0 Å². The molecule has 0 saturated carbocycles. The fourth-order valence-electron chi connectivity index (χ4n) is 1.08. The van der Waals surface area contributed by atoms with E-state index in [0.717, 1.165) is 24.1 Å². The van der Waals surface area contributed by atoms with E-state index in [0.29, 0.717) is 6.54 Å². The Morgan fingerprint density at radius 2 is 2.00 bits per heavy atom. The first-order chi connectivity index (χ1) is 6.86. The van der Waals surface area contributed by atoms with Crippen LogP contribution in [0.25, 0.3) is 0 Å². The van der Waals surface area contributed by atoms with Crippen LogP contribution in [0.15, 0.2) is 24.3 Å². The molecular weight excluding hydrogens is 172 g/mol. The van der Waals surface area contributed by atoms with Crippen molar-refractivity contribution >= 4 is 0 Å². The second-order valence-electron chi connectivity index (χ2n) is 3.06. The van der Waals surface area contributed by atoms with Crippen molar-refractivity contribution in [2.24, 2.45) is 5.73 Å². The zero-order valence-electron chi connectivity index (χ0n) is 8.51. The lowest BCUT2D eigenvalue weighted by Crippen LogP contribution is -2.05. The van der Waals surface area contributed by atoms with Crippen LogP contribution in [0.5, 0.6) is 0 Å². The van der Waals surface area contributed by atoms with Crippen molar-refractivity contribution in [1.82, 2.24) is 5.32 Å². The minimum atomic E-state index is 0.591. The highest BCUT2D eigenvalue weighted by Crippen LogP contribution is 2.01. The Kier molecular flexibility index (Phi) is 4.77. The third-order valence-electron chi connectivity index (χ3n) is 1.92. The van der Waals surface area contributed by atoms with Gasteiger partial charge in [-0.3, -0.25) is 0 Å². The van der Waals surface area contributed by atoms with Crippen molar-refractivity contribution in [2.45, 2.75) is 13.0 Å². The molecule has 0 saturated heterocycles. The number of nitrogens with one attached hydrogen (secondary N) is 1. The van der Waals surface area contributed by atoms with E-state index < -0.39 is 0 Å². The molecule has 2 heteroatoms. The van der Waals surface area contributed by atoms with Gasteiger partial charge in [0.05, 0.1) is 0 Å². The van der Waals surface area contributed by atoms with Crippen LogP contribution < -0.4 is 11.1 Å². The molecular formula is C12H16N2. The molecule has 0 aliphatic carbocycles. The van der Waals surface area contributed by atoms with E-state index in [-0.39, 0.29) is 0 Å². The first-order valence-electron chi connectivity index (χ1n) is 4.79. The van der Waals surface area contributed by atoms with E-state index in [1.807, 2.05) is 31.3 Å². The molecule has 0 unspecified atom stereocenters. The lowest BCUT2D eigenvalue weighted by molar-refractivity contribution is 0.818. The summed E-state index contributed by atoms with van der Waals surface area (Å²) in [5, 5.41) is 3.05. The summed E-state index contributed by atoms with van der Waals surface area (Å²) < 4.78 is 0. The highest BCUT2D eigenvalue weighted by molar-refractivity contribution is 5.36. The Morgan fingerprint density at radius 3 is 2.57 bits per heavy atom. The molecule has 14 heavy (non-hydrogen) atoms. The van der Waals surface area contributed by atoms with E-state index in [9.17, 15) is 0 Å². The van der Waals surface area contributed by atoms with E-state index in [4.69, 9.17) is 5.73 Å². The van der Waals surface area contributed by atoms with Gasteiger partial charge in [0, 0.05) is 25.1 Å². The third-order valence-corrected chi connectivity index (χ3v) is 1.92. The molecule has 0 aliphatic heterocycles. The maximum Gasteiger partial charge on any atom is 0.0245 e. The van der Waals surface area contributed by atoms with Crippen molar-refractivity contribution in [2.75, 3.05) is 13.6 Å². The van der Waals surface area contributed by atoms with Crippen molar-refractivity contribution in [3.63, 3.8) is 0 Å². The molecule has 74 valence electrons. The standard InChI is InChI=1S/C12H16N2/c1-14-9-3-2-4-11-5-7-12(10-13)8-6-11/h5-8,14H,3,9-10,13H2,1H3. The van der Waals surface area contributed by atoms with Gasteiger partial charge >= 0.3 is 0 Å². The molecule has 0 bridgehead atoms. The maximum absolute atomic E-state index is 5.50. The number of benzene rings is 1. The smallest absolute Gasteiger partial charge is 0.0245 e. The van der Waals surface area contributed by atoms with E-state index in [1.165, 1.54) is 0 Å². The summed E-state index contributed by atoms with van der Waals surface area (Å²) in [4.78, 5) is 0. The van der Waals surface area contributed by atoms with Gasteiger partial charge in [0.1, 0.15) is 0 Å². The van der Waals surface area contributed by atoms with Crippen LogP contribution in [0.1, 0.15) is 17.5 Å². The monoisotopic (exact) mass is 188 g/mol. The summed E-state index contributed by atoms with van der Waals surface area (Å²) in [6.07, 6.45) is 0.884. The normalized spacial score (nSPS) is 9.29. The molecule has 0 atom stereocenters. The number of hydrogen-bond acceptors (Lipinski definition) is 2. The summed E-state index contributed by atoms with van der Waals surface area (Å²) in [5.41, 5.74) is 7.69. The maximum atomic E-state index is 5.50. The van der Waals surface area contributed by atoms with Gasteiger partial charge in [0.15, 0.2) is 0 Å². The van der Waals surface area contributed by atoms with Crippen molar-refractivity contribution in [1.29, 1.82) is 0 Å². The van der Waals surface area contributed by atoms with Crippen LogP contribution in [0, 0.1) is 11.8 Å². The van der Waals surface area contributed by atoms with Crippen LogP contribution in [-0.4, -0.2) is 13.6 Å². The molecule has 0 heterocycles. The molecule has 1 aromatic carbocycles. The zero-order valence-corrected chi connectivity index (χ0v) is 8.51. The molecule has 0 amide bonds. The number of rotatable bonds is 3. The van der Waals surface area contributed by atoms with Crippen LogP contribution in [-0.2, 0) is 6.54 Å². The minimum absolute atomic E-state index is 0.591. The highest BCUT2D eigenvalue weighted by Gasteiger charge is 1.88. The summed E-state index contributed by atoms with van der Waals surface area (Å²) in [6.45, 7) is 1.53. The van der Waals surface area contributed by atoms with Crippen molar-refractivity contribution in [3.05, 3.63) is 35.4 Å². The first-order valence-corrected chi connectivity index (χ1v) is 4.79. The summed E-state index contributed by atoms with van der Waals surface area (Å²) in [6, 6.07) is 8.05. The van der Waals surface area contributed by atoms with Crippen LogP contribution in [0.4, 0.5) is 0 Å². The van der Waals surface area contributed by atoms with Crippen LogP contribution >= 0.6 is 0 Å². The minimum Gasteiger partial charge on any atom is -0.326 e. The Morgan fingerprint density at radius 1 is 1.29 bits per heavy atom. The summed E-state index contributed by atoms with van der Waals surface area (Å²) >= 11 is 0. The average molecular weight is 188 g/mol. The van der Waals surface area contributed by atoms with Crippen molar-refractivity contribution in [3.8, 4) is 11.8 Å².